The number of carbonyl (C=O) groups excluding carboxylic acids is 1. The van der Waals surface area contributed by atoms with Crippen LogP contribution in [-0.4, -0.2) is 23.0 Å². The molecule has 0 saturated heterocycles. The first-order chi connectivity index (χ1) is 8.00. The summed E-state index contributed by atoms with van der Waals surface area (Å²) in [6.45, 7) is 3.68. The molecule has 1 fully saturated rings. The highest BCUT2D eigenvalue weighted by molar-refractivity contribution is 5.82. The molecular formula is C13H23NO3. The van der Waals surface area contributed by atoms with Gasteiger partial charge < -0.3 is 10.4 Å². The van der Waals surface area contributed by atoms with Crippen molar-refractivity contribution in [3.05, 3.63) is 0 Å². The Balaban J connectivity index is 2.38. The molecule has 0 radical (unpaired) electrons. The summed E-state index contributed by atoms with van der Waals surface area (Å²) in [6.07, 6.45) is 5.74. The molecule has 17 heavy (non-hydrogen) atoms. The number of amides is 1. The van der Waals surface area contributed by atoms with Gasteiger partial charge in [0, 0.05) is 12.5 Å². The Bertz CT molecular complexity index is 270. The van der Waals surface area contributed by atoms with Crippen LogP contribution in [0.2, 0.25) is 0 Å². The zero-order valence-corrected chi connectivity index (χ0v) is 10.7. The van der Waals surface area contributed by atoms with E-state index in [1.165, 1.54) is 6.42 Å². The molecule has 1 aliphatic rings. The smallest absolute Gasteiger partial charge is 0.307 e. The topological polar surface area (TPSA) is 66.4 Å². The molecule has 4 heteroatoms. The Kier molecular flexibility index (Phi) is 5.45. The second kappa shape index (κ2) is 6.62. The van der Waals surface area contributed by atoms with E-state index < -0.39 is 11.9 Å². The Hall–Kier alpha value is -1.06. The normalized spacial score (nSPS) is 19.0. The molecule has 0 aromatic carbocycles. The molecule has 1 amide bonds. The van der Waals surface area contributed by atoms with Crippen molar-refractivity contribution in [1.82, 2.24) is 5.32 Å². The first kappa shape index (κ1) is 14.0. The molecular weight excluding hydrogens is 218 g/mol. The van der Waals surface area contributed by atoms with E-state index in [4.69, 9.17) is 5.11 Å². The van der Waals surface area contributed by atoms with Crippen LogP contribution >= 0.6 is 0 Å². The lowest BCUT2D eigenvalue weighted by Crippen LogP contribution is -2.38. The Morgan fingerprint density at radius 1 is 1.24 bits per heavy atom. The van der Waals surface area contributed by atoms with Gasteiger partial charge in [0.05, 0.1) is 5.92 Å². The summed E-state index contributed by atoms with van der Waals surface area (Å²) in [5, 5.41) is 12.0. The zero-order chi connectivity index (χ0) is 12.8. The van der Waals surface area contributed by atoms with E-state index in [1.807, 2.05) is 13.8 Å². The summed E-state index contributed by atoms with van der Waals surface area (Å²) in [4.78, 5) is 22.7. The summed E-state index contributed by atoms with van der Waals surface area (Å²) >= 11 is 0. The van der Waals surface area contributed by atoms with Crippen LogP contribution in [0.1, 0.15) is 52.4 Å². The fourth-order valence-electron chi connectivity index (χ4n) is 2.34. The lowest BCUT2D eigenvalue weighted by molar-refractivity contribution is -0.145. The van der Waals surface area contributed by atoms with Gasteiger partial charge in [-0.3, -0.25) is 9.59 Å². The maximum absolute atomic E-state index is 11.8. The van der Waals surface area contributed by atoms with Gasteiger partial charge in [0.1, 0.15) is 0 Å². The molecule has 1 atom stereocenters. The van der Waals surface area contributed by atoms with Crippen LogP contribution in [0.25, 0.3) is 0 Å². The highest BCUT2D eigenvalue weighted by atomic mass is 16.4. The van der Waals surface area contributed by atoms with E-state index in [2.05, 4.69) is 5.32 Å². The van der Waals surface area contributed by atoms with Gasteiger partial charge in [-0.25, -0.2) is 0 Å². The van der Waals surface area contributed by atoms with Crippen LogP contribution in [0.3, 0.4) is 0 Å². The van der Waals surface area contributed by atoms with E-state index in [9.17, 15) is 9.59 Å². The lowest BCUT2D eigenvalue weighted by Gasteiger charge is -2.24. The van der Waals surface area contributed by atoms with Gasteiger partial charge in [-0.2, -0.15) is 0 Å². The summed E-state index contributed by atoms with van der Waals surface area (Å²) < 4.78 is 0. The highest BCUT2D eigenvalue weighted by Gasteiger charge is 2.25. The van der Waals surface area contributed by atoms with E-state index in [0.717, 1.165) is 25.7 Å². The molecule has 0 aromatic rings. The highest BCUT2D eigenvalue weighted by Crippen LogP contribution is 2.19. The molecule has 0 bridgehead atoms. The van der Waals surface area contributed by atoms with Gasteiger partial charge in [0.25, 0.3) is 0 Å². The third-order valence-corrected chi connectivity index (χ3v) is 3.50. The van der Waals surface area contributed by atoms with Gasteiger partial charge in [-0.05, 0) is 18.8 Å². The minimum atomic E-state index is -0.876. The molecule has 0 heterocycles. The minimum Gasteiger partial charge on any atom is -0.481 e. The van der Waals surface area contributed by atoms with Crippen molar-refractivity contribution in [2.24, 2.45) is 11.8 Å². The average molecular weight is 241 g/mol. The van der Waals surface area contributed by atoms with Gasteiger partial charge in [0.2, 0.25) is 5.91 Å². The Morgan fingerprint density at radius 3 is 2.29 bits per heavy atom. The van der Waals surface area contributed by atoms with Crippen LogP contribution in [0.5, 0.6) is 0 Å². The van der Waals surface area contributed by atoms with Crippen LogP contribution in [0.15, 0.2) is 0 Å². The number of carboxylic acid groups (broad SMARTS) is 1. The van der Waals surface area contributed by atoms with Gasteiger partial charge in [-0.1, -0.05) is 33.1 Å². The number of carbonyl (C=O) groups is 2. The summed E-state index contributed by atoms with van der Waals surface area (Å²) in [6, 6.07) is 0.262. The molecule has 0 aromatic heterocycles. The van der Waals surface area contributed by atoms with Gasteiger partial charge in [0.15, 0.2) is 0 Å². The molecule has 1 saturated carbocycles. The van der Waals surface area contributed by atoms with E-state index >= 15 is 0 Å². The van der Waals surface area contributed by atoms with Crippen molar-refractivity contribution in [1.29, 1.82) is 0 Å². The average Bonchev–Trinajstić information content (AvgIpc) is 2.26. The van der Waals surface area contributed by atoms with Crippen LogP contribution in [-0.2, 0) is 9.59 Å². The maximum Gasteiger partial charge on any atom is 0.307 e. The first-order valence-corrected chi connectivity index (χ1v) is 6.53. The van der Waals surface area contributed by atoms with Crippen molar-refractivity contribution < 1.29 is 14.7 Å². The maximum atomic E-state index is 11.8. The minimum absolute atomic E-state index is 0.00962. The molecule has 0 unspecified atom stereocenters. The van der Waals surface area contributed by atoms with Gasteiger partial charge in [-0.15, -0.1) is 0 Å². The number of nitrogens with one attached hydrogen (secondary N) is 1. The molecule has 4 nitrogen and oxygen atoms in total. The third-order valence-electron chi connectivity index (χ3n) is 3.50. The van der Waals surface area contributed by atoms with E-state index in [0.29, 0.717) is 0 Å². The third kappa shape index (κ3) is 4.75. The second-order valence-electron chi connectivity index (χ2n) is 5.30. The summed E-state index contributed by atoms with van der Waals surface area (Å²) in [7, 11) is 0. The SMILES string of the molecule is CC(C)[C@@H](CC(=O)NC1CCCCC1)C(=O)O. The van der Waals surface area contributed by atoms with Crippen molar-refractivity contribution in [2.75, 3.05) is 0 Å². The molecule has 0 aliphatic heterocycles. The van der Waals surface area contributed by atoms with Crippen molar-refractivity contribution in [3.8, 4) is 0 Å². The van der Waals surface area contributed by atoms with Crippen LogP contribution in [0.4, 0.5) is 0 Å². The Labute approximate surface area is 103 Å². The van der Waals surface area contributed by atoms with Gasteiger partial charge >= 0.3 is 5.97 Å². The monoisotopic (exact) mass is 241 g/mol. The quantitative estimate of drug-likeness (QED) is 0.775. The molecule has 1 rings (SSSR count). The number of hydrogen-bond acceptors (Lipinski definition) is 2. The molecule has 1 aliphatic carbocycles. The summed E-state index contributed by atoms with van der Waals surface area (Å²) in [5.41, 5.74) is 0. The second-order valence-corrected chi connectivity index (χ2v) is 5.30. The number of rotatable bonds is 5. The number of carboxylic acids is 1. The zero-order valence-electron chi connectivity index (χ0n) is 10.7. The van der Waals surface area contributed by atoms with Crippen molar-refractivity contribution >= 4 is 11.9 Å². The largest absolute Gasteiger partial charge is 0.481 e. The van der Waals surface area contributed by atoms with Crippen LogP contribution < -0.4 is 5.32 Å². The lowest BCUT2D eigenvalue weighted by atomic mass is 9.91. The predicted molar refractivity (Wildman–Crippen MR) is 65.6 cm³/mol. The van der Waals surface area contributed by atoms with E-state index in [1.54, 1.807) is 0 Å². The molecule has 2 N–H and O–H groups in total. The molecule has 0 spiro atoms. The standard InChI is InChI=1S/C13H23NO3/c1-9(2)11(13(16)17)8-12(15)14-10-6-4-3-5-7-10/h9-11H,3-8H2,1-2H3,(H,14,15)(H,16,17)/t11-/m1/s1. The van der Waals surface area contributed by atoms with E-state index in [-0.39, 0.29) is 24.3 Å². The first-order valence-electron chi connectivity index (χ1n) is 6.53. The Morgan fingerprint density at radius 2 is 1.82 bits per heavy atom. The summed E-state index contributed by atoms with van der Waals surface area (Å²) in [5.74, 6) is -1.57. The van der Waals surface area contributed by atoms with Crippen LogP contribution in [0, 0.1) is 11.8 Å². The molecule has 98 valence electrons. The fourth-order valence-corrected chi connectivity index (χ4v) is 2.34. The van der Waals surface area contributed by atoms with Crippen molar-refractivity contribution in [3.63, 3.8) is 0 Å². The number of aliphatic carboxylic acids is 1. The van der Waals surface area contributed by atoms with Crippen molar-refractivity contribution in [2.45, 2.75) is 58.4 Å². The number of hydrogen-bond donors (Lipinski definition) is 2. The predicted octanol–water partition coefficient (Wildman–Crippen LogP) is 2.18. The fraction of sp³-hybridized carbons (Fsp3) is 0.846.